The third-order valence-electron chi connectivity index (χ3n) is 2.13. The van der Waals surface area contributed by atoms with Gasteiger partial charge in [-0.1, -0.05) is 31.5 Å². The highest BCUT2D eigenvalue weighted by Crippen LogP contribution is 2.07. The van der Waals surface area contributed by atoms with Crippen molar-refractivity contribution in [3.05, 3.63) is 29.0 Å². The van der Waals surface area contributed by atoms with Crippen molar-refractivity contribution >= 4 is 11.6 Å². The number of ether oxygens (including phenoxy) is 1. The van der Waals surface area contributed by atoms with Crippen LogP contribution in [-0.2, 0) is 11.3 Å². The van der Waals surface area contributed by atoms with Gasteiger partial charge in [-0.05, 0) is 30.4 Å². The predicted octanol–water partition coefficient (Wildman–Crippen LogP) is 3.69. The van der Waals surface area contributed by atoms with Gasteiger partial charge in [-0.2, -0.15) is 0 Å². The largest absolute Gasteiger partial charge is 0.377 e. The van der Waals surface area contributed by atoms with Crippen LogP contribution in [-0.4, -0.2) is 11.6 Å². The van der Waals surface area contributed by atoms with Crippen LogP contribution in [0.3, 0.4) is 0 Å². The van der Waals surface area contributed by atoms with Crippen LogP contribution in [0.5, 0.6) is 0 Å². The van der Waals surface area contributed by atoms with Crippen LogP contribution in [0.15, 0.2) is 18.3 Å². The molecule has 1 heterocycles. The summed E-state index contributed by atoms with van der Waals surface area (Å²) < 4.78 is 5.53. The molecule has 0 bridgehead atoms. The number of halogens is 1. The van der Waals surface area contributed by atoms with E-state index < -0.39 is 0 Å². The Morgan fingerprint density at radius 2 is 2.20 bits per heavy atom. The molecule has 0 saturated heterocycles. The molecular formula is C12H18ClNO. The Morgan fingerprint density at radius 3 is 2.80 bits per heavy atom. The van der Waals surface area contributed by atoms with E-state index in [-0.39, 0.29) is 0 Å². The lowest BCUT2D eigenvalue weighted by Gasteiger charge is -2.05. The fourth-order valence-electron chi connectivity index (χ4n) is 1.28. The minimum absolute atomic E-state index is 0.526. The van der Waals surface area contributed by atoms with Gasteiger partial charge >= 0.3 is 0 Å². The Labute approximate surface area is 96.6 Å². The second-order valence-corrected chi connectivity index (χ2v) is 4.47. The average Bonchev–Trinajstić information content (AvgIpc) is 2.20. The van der Waals surface area contributed by atoms with E-state index >= 15 is 0 Å². The van der Waals surface area contributed by atoms with Crippen molar-refractivity contribution in [2.24, 2.45) is 5.92 Å². The highest BCUT2D eigenvalue weighted by Gasteiger charge is 1.96. The van der Waals surface area contributed by atoms with Crippen molar-refractivity contribution in [3.8, 4) is 0 Å². The Hall–Kier alpha value is -0.600. The van der Waals surface area contributed by atoms with E-state index in [2.05, 4.69) is 18.8 Å². The zero-order valence-corrected chi connectivity index (χ0v) is 10.1. The molecule has 0 aliphatic rings. The lowest BCUT2D eigenvalue weighted by molar-refractivity contribution is 0.114. The number of pyridine rings is 1. The normalized spacial score (nSPS) is 10.9. The van der Waals surface area contributed by atoms with Crippen LogP contribution >= 0.6 is 11.6 Å². The molecule has 0 amide bonds. The molecule has 0 fully saturated rings. The first-order valence-corrected chi connectivity index (χ1v) is 5.74. The molecule has 0 aliphatic heterocycles. The lowest BCUT2D eigenvalue weighted by Crippen LogP contribution is -1.98. The molecule has 2 nitrogen and oxygen atoms in total. The first kappa shape index (κ1) is 12.5. The van der Waals surface area contributed by atoms with Crippen molar-refractivity contribution < 1.29 is 4.74 Å². The van der Waals surface area contributed by atoms with Crippen LogP contribution in [0.4, 0.5) is 0 Å². The van der Waals surface area contributed by atoms with Gasteiger partial charge in [-0.3, -0.25) is 0 Å². The van der Waals surface area contributed by atoms with E-state index in [1.807, 2.05) is 6.07 Å². The van der Waals surface area contributed by atoms with Gasteiger partial charge in [0.15, 0.2) is 0 Å². The summed E-state index contributed by atoms with van der Waals surface area (Å²) in [6, 6.07) is 3.73. The van der Waals surface area contributed by atoms with E-state index in [0.717, 1.165) is 24.5 Å². The van der Waals surface area contributed by atoms with Crippen molar-refractivity contribution in [1.29, 1.82) is 0 Å². The van der Waals surface area contributed by atoms with Crippen molar-refractivity contribution in [3.63, 3.8) is 0 Å². The number of rotatable bonds is 6. The Bertz CT molecular complexity index is 271. The Kier molecular flexibility index (Phi) is 5.66. The number of aromatic nitrogens is 1. The van der Waals surface area contributed by atoms with E-state index in [4.69, 9.17) is 16.3 Å². The maximum atomic E-state index is 5.68. The summed E-state index contributed by atoms with van der Waals surface area (Å²) in [5.41, 5.74) is 1.07. The topological polar surface area (TPSA) is 22.1 Å². The number of hydrogen-bond donors (Lipinski definition) is 0. The molecule has 84 valence electrons. The second-order valence-electron chi connectivity index (χ2n) is 4.08. The average molecular weight is 228 g/mol. The predicted molar refractivity (Wildman–Crippen MR) is 63.0 cm³/mol. The summed E-state index contributed by atoms with van der Waals surface area (Å²) in [7, 11) is 0. The summed E-state index contributed by atoms with van der Waals surface area (Å²) in [6.07, 6.45) is 4.10. The fraction of sp³-hybridized carbons (Fsp3) is 0.583. The molecule has 1 rings (SSSR count). The maximum Gasteiger partial charge on any atom is 0.129 e. The Balaban J connectivity index is 2.12. The molecule has 0 atom stereocenters. The molecule has 15 heavy (non-hydrogen) atoms. The first-order chi connectivity index (χ1) is 7.18. The van der Waals surface area contributed by atoms with Crippen LogP contribution in [0.25, 0.3) is 0 Å². The van der Waals surface area contributed by atoms with E-state index in [1.54, 1.807) is 12.3 Å². The standard InChI is InChI=1S/C12H18ClNO/c1-10(2)4-3-7-15-9-11-5-6-12(13)14-8-11/h5-6,8,10H,3-4,7,9H2,1-2H3. The summed E-state index contributed by atoms with van der Waals surface area (Å²) >= 11 is 5.68. The molecule has 0 radical (unpaired) electrons. The van der Waals surface area contributed by atoms with Gasteiger partial charge in [-0.15, -0.1) is 0 Å². The maximum absolute atomic E-state index is 5.68. The molecule has 0 aromatic carbocycles. The van der Waals surface area contributed by atoms with Gasteiger partial charge in [0.05, 0.1) is 6.61 Å². The summed E-state index contributed by atoms with van der Waals surface area (Å²) in [5.74, 6) is 0.755. The van der Waals surface area contributed by atoms with Gasteiger partial charge in [-0.25, -0.2) is 4.98 Å². The van der Waals surface area contributed by atoms with Gasteiger partial charge in [0.2, 0.25) is 0 Å². The zero-order valence-electron chi connectivity index (χ0n) is 9.37. The van der Waals surface area contributed by atoms with Gasteiger partial charge in [0.25, 0.3) is 0 Å². The minimum Gasteiger partial charge on any atom is -0.377 e. The third kappa shape index (κ3) is 5.75. The third-order valence-corrected chi connectivity index (χ3v) is 2.35. The smallest absolute Gasteiger partial charge is 0.129 e. The molecule has 0 unspecified atom stereocenters. The summed E-state index contributed by atoms with van der Waals surface area (Å²) in [6.45, 7) is 5.90. The summed E-state index contributed by atoms with van der Waals surface area (Å²) in [4.78, 5) is 3.99. The monoisotopic (exact) mass is 227 g/mol. The first-order valence-electron chi connectivity index (χ1n) is 5.36. The molecule has 0 saturated carbocycles. The van der Waals surface area contributed by atoms with E-state index in [1.165, 1.54) is 6.42 Å². The van der Waals surface area contributed by atoms with Crippen LogP contribution in [0, 0.1) is 5.92 Å². The van der Waals surface area contributed by atoms with Gasteiger partial charge in [0, 0.05) is 12.8 Å². The fourth-order valence-corrected chi connectivity index (χ4v) is 1.39. The molecule has 1 aromatic heterocycles. The van der Waals surface area contributed by atoms with Crippen molar-refractivity contribution in [2.75, 3.05) is 6.61 Å². The number of hydrogen-bond acceptors (Lipinski definition) is 2. The molecule has 0 aliphatic carbocycles. The molecule has 3 heteroatoms. The van der Waals surface area contributed by atoms with Crippen molar-refractivity contribution in [1.82, 2.24) is 4.98 Å². The lowest BCUT2D eigenvalue weighted by atomic mass is 10.1. The zero-order chi connectivity index (χ0) is 11.1. The second kappa shape index (κ2) is 6.81. The van der Waals surface area contributed by atoms with Crippen LogP contribution < -0.4 is 0 Å². The van der Waals surface area contributed by atoms with E-state index in [0.29, 0.717) is 11.8 Å². The highest BCUT2D eigenvalue weighted by molar-refractivity contribution is 6.29. The van der Waals surface area contributed by atoms with Gasteiger partial charge < -0.3 is 4.74 Å². The quantitative estimate of drug-likeness (QED) is 0.546. The Morgan fingerprint density at radius 1 is 1.40 bits per heavy atom. The molecule has 0 N–H and O–H groups in total. The van der Waals surface area contributed by atoms with Crippen LogP contribution in [0.2, 0.25) is 5.15 Å². The van der Waals surface area contributed by atoms with E-state index in [9.17, 15) is 0 Å². The minimum atomic E-state index is 0.526. The summed E-state index contributed by atoms with van der Waals surface area (Å²) in [5, 5.41) is 0.526. The van der Waals surface area contributed by atoms with Gasteiger partial charge in [0.1, 0.15) is 5.15 Å². The van der Waals surface area contributed by atoms with Crippen molar-refractivity contribution in [2.45, 2.75) is 33.3 Å². The molecular weight excluding hydrogens is 210 g/mol. The molecule has 1 aromatic rings. The highest BCUT2D eigenvalue weighted by atomic mass is 35.5. The SMILES string of the molecule is CC(C)CCCOCc1ccc(Cl)nc1. The van der Waals surface area contributed by atoms with Crippen LogP contribution in [0.1, 0.15) is 32.3 Å². The molecule has 0 spiro atoms. The number of nitrogens with zero attached hydrogens (tertiary/aromatic N) is 1.